The summed E-state index contributed by atoms with van der Waals surface area (Å²) in [7, 11) is 1.85. The number of guanidine groups is 1. The first-order valence-electron chi connectivity index (χ1n) is 8.13. The van der Waals surface area contributed by atoms with Gasteiger partial charge in [0, 0.05) is 39.9 Å². The van der Waals surface area contributed by atoms with Crippen LogP contribution in [-0.4, -0.2) is 50.8 Å². The summed E-state index contributed by atoms with van der Waals surface area (Å²) in [6, 6.07) is 10.6. The van der Waals surface area contributed by atoms with E-state index in [0.29, 0.717) is 0 Å². The van der Waals surface area contributed by atoms with Crippen LogP contribution in [0.5, 0.6) is 0 Å². The fourth-order valence-corrected chi connectivity index (χ4v) is 2.63. The van der Waals surface area contributed by atoms with Gasteiger partial charge in [0.05, 0.1) is 0 Å². The maximum absolute atomic E-state index is 5.35. The molecule has 0 fully saturated rings. The van der Waals surface area contributed by atoms with Crippen LogP contribution in [0.15, 0.2) is 41.4 Å². The highest BCUT2D eigenvalue weighted by molar-refractivity contribution is 5.81. The quantitative estimate of drug-likeness (QED) is 0.499. The molecule has 0 atom stereocenters. The normalized spacial score (nSPS) is 15.6. The van der Waals surface area contributed by atoms with Crippen molar-refractivity contribution in [2.45, 2.75) is 19.8 Å². The fourth-order valence-electron chi connectivity index (χ4n) is 2.63. The van der Waals surface area contributed by atoms with E-state index in [1.807, 2.05) is 14.0 Å². The lowest BCUT2D eigenvalue weighted by atomic mass is 10.00. The molecule has 0 aliphatic carbocycles. The van der Waals surface area contributed by atoms with Crippen molar-refractivity contribution in [3.63, 3.8) is 0 Å². The van der Waals surface area contributed by atoms with E-state index >= 15 is 0 Å². The fraction of sp³-hybridized carbons (Fsp3) is 0.500. The number of nitrogens with zero attached hydrogens (tertiary/aromatic N) is 2. The van der Waals surface area contributed by atoms with Crippen molar-refractivity contribution in [2.75, 3.05) is 39.9 Å². The molecule has 1 aliphatic rings. The molecule has 0 radical (unpaired) electrons. The molecule has 1 aliphatic heterocycles. The smallest absolute Gasteiger partial charge is 0.193 e. The molecule has 0 unspecified atom stereocenters. The minimum atomic E-state index is 0.786. The highest BCUT2D eigenvalue weighted by Gasteiger charge is 2.15. The van der Waals surface area contributed by atoms with Gasteiger partial charge in [-0.25, -0.2) is 0 Å². The highest BCUT2D eigenvalue weighted by atomic mass is 16.5. The van der Waals surface area contributed by atoms with Crippen LogP contribution in [0, 0.1) is 0 Å². The zero-order chi connectivity index (χ0) is 15.6. The lowest BCUT2D eigenvalue weighted by Gasteiger charge is -2.29. The van der Waals surface area contributed by atoms with Gasteiger partial charge in [-0.05, 0) is 30.9 Å². The molecule has 0 spiro atoms. The second-order valence-corrected chi connectivity index (χ2v) is 5.32. The van der Waals surface area contributed by atoms with Crippen molar-refractivity contribution in [2.24, 2.45) is 4.99 Å². The number of nitrogens with one attached hydrogen (secondary N) is 1. The Labute approximate surface area is 133 Å². The van der Waals surface area contributed by atoms with E-state index < -0.39 is 0 Å². The van der Waals surface area contributed by atoms with Crippen LogP contribution in [0.3, 0.4) is 0 Å². The van der Waals surface area contributed by atoms with E-state index in [1.54, 1.807) is 0 Å². The standard InChI is InChI=1S/C18H27N3O/c1-3-22-15-7-12-20-18(19-2)21-13-10-17(11-14-21)16-8-5-4-6-9-16/h4-6,8-10H,3,7,11-15H2,1-2H3,(H,19,20). The van der Waals surface area contributed by atoms with Gasteiger partial charge in [-0.2, -0.15) is 0 Å². The first kappa shape index (κ1) is 16.6. The van der Waals surface area contributed by atoms with Gasteiger partial charge in [-0.15, -0.1) is 0 Å². The van der Waals surface area contributed by atoms with Gasteiger partial charge < -0.3 is 15.0 Å². The van der Waals surface area contributed by atoms with Crippen LogP contribution in [0.1, 0.15) is 25.3 Å². The van der Waals surface area contributed by atoms with Crippen LogP contribution in [0.4, 0.5) is 0 Å². The Morgan fingerprint density at radius 3 is 2.77 bits per heavy atom. The van der Waals surface area contributed by atoms with Crippen molar-refractivity contribution >= 4 is 11.5 Å². The lowest BCUT2D eigenvalue weighted by Crippen LogP contribution is -2.43. The number of hydrogen-bond donors (Lipinski definition) is 1. The summed E-state index contributed by atoms with van der Waals surface area (Å²) < 4.78 is 5.35. The minimum absolute atomic E-state index is 0.786. The average Bonchev–Trinajstić information content (AvgIpc) is 2.59. The maximum atomic E-state index is 5.35. The summed E-state index contributed by atoms with van der Waals surface area (Å²) in [6.45, 7) is 6.43. The molecule has 1 N–H and O–H groups in total. The first-order valence-corrected chi connectivity index (χ1v) is 8.13. The second kappa shape index (κ2) is 9.26. The van der Waals surface area contributed by atoms with E-state index in [-0.39, 0.29) is 0 Å². The predicted molar refractivity (Wildman–Crippen MR) is 93.1 cm³/mol. The number of benzene rings is 1. The molecular formula is C18H27N3O. The molecule has 0 bridgehead atoms. The molecule has 2 rings (SSSR count). The molecule has 0 saturated heterocycles. The third kappa shape index (κ3) is 4.88. The Morgan fingerprint density at radius 2 is 2.14 bits per heavy atom. The van der Waals surface area contributed by atoms with E-state index in [2.05, 4.69) is 51.6 Å². The van der Waals surface area contributed by atoms with Crippen molar-refractivity contribution in [1.29, 1.82) is 0 Å². The summed E-state index contributed by atoms with van der Waals surface area (Å²) in [5, 5.41) is 3.42. The number of aliphatic imine (C=N–C) groups is 1. The van der Waals surface area contributed by atoms with Gasteiger partial charge >= 0.3 is 0 Å². The number of ether oxygens (including phenoxy) is 1. The van der Waals surface area contributed by atoms with Gasteiger partial charge in [0.25, 0.3) is 0 Å². The SMILES string of the molecule is CCOCCCNC(=NC)N1CC=C(c2ccccc2)CC1. The summed E-state index contributed by atoms with van der Waals surface area (Å²) >= 11 is 0. The van der Waals surface area contributed by atoms with Crippen molar-refractivity contribution in [1.82, 2.24) is 10.2 Å². The van der Waals surface area contributed by atoms with Crippen LogP contribution in [0.2, 0.25) is 0 Å². The van der Waals surface area contributed by atoms with Gasteiger partial charge in [-0.3, -0.25) is 4.99 Å². The van der Waals surface area contributed by atoms with Gasteiger partial charge in [0.15, 0.2) is 5.96 Å². The number of rotatable bonds is 6. The minimum Gasteiger partial charge on any atom is -0.382 e. The molecule has 1 aromatic carbocycles. The van der Waals surface area contributed by atoms with Crippen LogP contribution < -0.4 is 5.32 Å². The molecule has 0 aromatic heterocycles. The Morgan fingerprint density at radius 1 is 1.32 bits per heavy atom. The third-order valence-electron chi connectivity index (χ3n) is 3.82. The third-order valence-corrected chi connectivity index (χ3v) is 3.82. The molecule has 1 aromatic rings. The second-order valence-electron chi connectivity index (χ2n) is 5.32. The Hall–Kier alpha value is -1.81. The summed E-state index contributed by atoms with van der Waals surface area (Å²) in [5.41, 5.74) is 2.77. The van der Waals surface area contributed by atoms with Crippen LogP contribution in [0.25, 0.3) is 5.57 Å². The Bertz CT molecular complexity index is 496. The average molecular weight is 301 g/mol. The van der Waals surface area contributed by atoms with Crippen LogP contribution in [-0.2, 0) is 4.74 Å². The first-order chi connectivity index (χ1) is 10.8. The summed E-state index contributed by atoms with van der Waals surface area (Å²) in [4.78, 5) is 6.69. The Balaban J connectivity index is 1.82. The zero-order valence-electron chi connectivity index (χ0n) is 13.7. The monoisotopic (exact) mass is 301 g/mol. The van der Waals surface area contributed by atoms with Crippen LogP contribution >= 0.6 is 0 Å². The highest BCUT2D eigenvalue weighted by Crippen LogP contribution is 2.21. The van der Waals surface area contributed by atoms with E-state index in [0.717, 1.165) is 51.6 Å². The predicted octanol–water partition coefficient (Wildman–Crippen LogP) is 2.78. The summed E-state index contributed by atoms with van der Waals surface area (Å²) in [5.74, 6) is 0.986. The molecular weight excluding hydrogens is 274 g/mol. The summed E-state index contributed by atoms with van der Waals surface area (Å²) in [6.07, 6.45) is 4.38. The zero-order valence-corrected chi connectivity index (χ0v) is 13.7. The van der Waals surface area contributed by atoms with E-state index in [4.69, 9.17) is 4.74 Å². The van der Waals surface area contributed by atoms with Gasteiger partial charge in [0.2, 0.25) is 0 Å². The van der Waals surface area contributed by atoms with Gasteiger partial charge in [-0.1, -0.05) is 36.4 Å². The molecule has 1 heterocycles. The topological polar surface area (TPSA) is 36.9 Å². The largest absolute Gasteiger partial charge is 0.382 e. The lowest BCUT2D eigenvalue weighted by molar-refractivity contribution is 0.145. The Kier molecular flexibility index (Phi) is 6.97. The van der Waals surface area contributed by atoms with Crippen molar-refractivity contribution in [3.8, 4) is 0 Å². The van der Waals surface area contributed by atoms with Crippen molar-refractivity contribution in [3.05, 3.63) is 42.0 Å². The molecule has 22 heavy (non-hydrogen) atoms. The van der Waals surface area contributed by atoms with E-state index in [1.165, 1.54) is 11.1 Å². The van der Waals surface area contributed by atoms with Gasteiger partial charge in [0.1, 0.15) is 0 Å². The van der Waals surface area contributed by atoms with E-state index in [9.17, 15) is 0 Å². The molecule has 4 heteroatoms. The maximum Gasteiger partial charge on any atom is 0.193 e. The molecule has 120 valence electrons. The number of hydrogen-bond acceptors (Lipinski definition) is 2. The van der Waals surface area contributed by atoms with Crippen molar-refractivity contribution < 1.29 is 4.74 Å². The molecule has 0 saturated carbocycles. The molecule has 4 nitrogen and oxygen atoms in total. The molecule has 0 amide bonds.